The number of aliphatic imine (C=N–C) groups is 1. The summed E-state index contributed by atoms with van der Waals surface area (Å²) in [5.41, 5.74) is 3.61. The largest absolute Gasteiger partial charge is 0.353 e. The molecule has 1 aliphatic heterocycles. The summed E-state index contributed by atoms with van der Waals surface area (Å²) in [6, 6.07) is 12.6. The molecule has 0 spiro atoms. The number of carbonyl (C=O) groups excluding carboxylic acids is 1. The van der Waals surface area contributed by atoms with Crippen LogP contribution in [-0.4, -0.2) is 46.9 Å². The topological polar surface area (TPSA) is 52.9 Å². The summed E-state index contributed by atoms with van der Waals surface area (Å²) in [5, 5.41) is 3.42. The molecule has 0 saturated carbocycles. The number of benzene rings is 1. The Morgan fingerprint density at radius 1 is 1.22 bits per heavy atom. The van der Waals surface area contributed by atoms with Gasteiger partial charge in [0, 0.05) is 59.1 Å². The lowest BCUT2D eigenvalue weighted by molar-refractivity contribution is -0.128. The summed E-state index contributed by atoms with van der Waals surface area (Å²) in [6.45, 7) is 3.11. The number of nitrogens with zero attached hydrogens (tertiary/aromatic N) is 4. The minimum absolute atomic E-state index is 0.269. The number of aryl methyl sites for hydroxylation is 1. The van der Waals surface area contributed by atoms with E-state index in [0.717, 1.165) is 25.5 Å². The van der Waals surface area contributed by atoms with Crippen molar-refractivity contribution in [2.45, 2.75) is 32.5 Å². The van der Waals surface area contributed by atoms with E-state index in [0.29, 0.717) is 19.5 Å². The van der Waals surface area contributed by atoms with E-state index >= 15 is 0 Å². The average molecular weight is 367 g/mol. The maximum absolute atomic E-state index is 11.8. The van der Waals surface area contributed by atoms with Gasteiger partial charge in [-0.05, 0) is 29.7 Å². The zero-order chi connectivity index (χ0) is 19.2. The van der Waals surface area contributed by atoms with Crippen LogP contribution in [-0.2, 0) is 31.5 Å². The zero-order valence-electron chi connectivity index (χ0n) is 16.5. The van der Waals surface area contributed by atoms with Crippen LogP contribution in [0.15, 0.2) is 47.6 Å². The van der Waals surface area contributed by atoms with Crippen molar-refractivity contribution in [1.82, 2.24) is 19.7 Å². The van der Waals surface area contributed by atoms with Crippen molar-refractivity contribution in [3.05, 3.63) is 59.4 Å². The number of likely N-dealkylation sites (tertiary alicyclic amines) is 1. The van der Waals surface area contributed by atoms with Gasteiger partial charge in [0.15, 0.2) is 5.96 Å². The molecule has 1 aromatic carbocycles. The Morgan fingerprint density at radius 2 is 1.96 bits per heavy atom. The number of hydrogen-bond donors (Lipinski definition) is 1. The second-order valence-corrected chi connectivity index (χ2v) is 7.10. The van der Waals surface area contributed by atoms with E-state index in [-0.39, 0.29) is 5.91 Å². The Balaban J connectivity index is 1.52. The van der Waals surface area contributed by atoms with E-state index < -0.39 is 0 Å². The Labute approximate surface area is 161 Å². The van der Waals surface area contributed by atoms with Gasteiger partial charge in [-0.25, -0.2) is 0 Å². The summed E-state index contributed by atoms with van der Waals surface area (Å²) >= 11 is 0. The second kappa shape index (κ2) is 8.75. The minimum Gasteiger partial charge on any atom is -0.353 e. The third-order valence-corrected chi connectivity index (χ3v) is 5.04. The maximum Gasteiger partial charge on any atom is 0.222 e. The molecule has 6 heteroatoms. The van der Waals surface area contributed by atoms with Crippen molar-refractivity contribution in [3.63, 3.8) is 0 Å². The van der Waals surface area contributed by atoms with Gasteiger partial charge in [0.05, 0.1) is 6.54 Å². The fourth-order valence-electron chi connectivity index (χ4n) is 3.40. The van der Waals surface area contributed by atoms with Crippen molar-refractivity contribution < 1.29 is 4.79 Å². The molecule has 6 nitrogen and oxygen atoms in total. The van der Waals surface area contributed by atoms with Crippen molar-refractivity contribution in [1.29, 1.82) is 0 Å². The number of nitrogens with one attached hydrogen (secondary N) is 1. The van der Waals surface area contributed by atoms with Crippen LogP contribution in [0, 0.1) is 0 Å². The molecule has 0 unspecified atom stereocenters. The molecule has 0 radical (unpaired) electrons. The lowest BCUT2D eigenvalue weighted by atomic mass is 10.1. The highest BCUT2D eigenvalue weighted by molar-refractivity contribution is 5.79. The van der Waals surface area contributed by atoms with Crippen LogP contribution >= 0.6 is 0 Å². The fourth-order valence-corrected chi connectivity index (χ4v) is 3.40. The molecule has 2 aromatic rings. The monoisotopic (exact) mass is 367 g/mol. The smallest absolute Gasteiger partial charge is 0.222 e. The van der Waals surface area contributed by atoms with Crippen LogP contribution < -0.4 is 5.32 Å². The molecule has 1 N–H and O–H groups in total. The SMILES string of the molecule is CN=C(NCc1ccc(CN2CCCC2=O)cc1)N(C)Cc1cccn1C. The van der Waals surface area contributed by atoms with Crippen LogP contribution in [0.5, 0.6) is 0 Å². The molecule has 0 aliphatic carbocycles. The molecule has 1 aromatic heterocycles. The van der Waals surface area contributed by atoms with E-state index in [9.17, 15) is 4.79 Å². The van der Waals surface area contributed by atoms with Gasteiger partial charge < -0.3 is 19.7 Å². The molecule has 0 atom stereocenters. The molecule has 1 amide bonds. The normalized spacial score (nSPS) is 14.7. The summed E-state index contributed by atoms with van der Waals surface area (Å²) in [7, 11) is 5.90. The molecular formula is C21H29N5O. The molecule has 1 aliphatic rings. The van der Waals surface area contributed by atoms with E-state index in [2.05, 4.69) is 69.4 Å². The van der Waals surface area contributed by atoms with Gasteiger partial charge in [-0.15, -0.1) is 0 Å². The number of rotatable bonds is 6. The van der Waals surface area contributed by atoms with E-state index in [4.69, 9.17) is 0 Å². The highest BCUT2D eigenvalue weighted by Crippen LogP contribution is 2.15. The number of aromatic nitrogens is 1. The predicted octanol–water partition coefficient (Wildman–Crippen LogP) is 2.35. The van der Waals surface area contributed by atoms with Crippen LogP contribution in [0.3, 0.4) is 0 Å². The van der Waals surface area contributed by atoms with E-state index in [1.54, 1.807) is 7.05 Å². The van der Waals surface area contributed by atoms with Gasteiger partial charge in [-0.1, -0.05) is 24.3 Å². The highest BCUT2D eigenvalue weighted by Gasteiger charge is 2.19. The van der Waals surface area contributed by atoms with Crippen molar-refractivity contribution in [3.8, 4) is 0 Å². The lowest BCUT2D eigenvalue weighted by Crippen LogP contribution is -2.38. The maximum atomic E-state index is 11.8. The molecule has 27 heavy (non-hydrogen) atoms. The predicted molar refractivity (Wildman–Crippen MR) is 108 cm³/mol. The van der Waals surface area contributed by atoms with Crippen LogP contribution in [0.1, 0.15) is 29.7 Å². The first-order chi connectivity index (χ1) is 13.1. The first kappa shape index (κ1) is 19.0. The van der Waals surface area contributed by atoms with Gasteiger partial charge in [-0.2, -0.15) is 0 Å². The molecule has 144 valence electrons. The van der Waals surface area contributed by atoms with Crippen molar-refractivity contribution in [2.75, 3.05) is 20.6 Å². The molecule has 1 saturated heterocycles. The summed E-state index contributed by atoms with van der Waals surface area (Å²) in [6.07, 6.45) is 3.73. The molecular weight excluding hydrogens is 338 g/mol. The molecule has 3 rings (SSSR count). The van der Waals surface area contributed by atoms with Gasteiger partial charge in [-0.3, -0.25) is 9.79 Å². The second-order valence-electron chi connectivity index (χ2n) is 7.10. The van der Waals surface area contributed by atoms with Crippen LogP contribution in [0.25, 0.3) is 0 Å². The molecule has 2 heterocycles. The number of amides is 1. The van der Waals surface area contributed by atoms with Gasteiger partial charge in [0.25, 0.3) is 0 Å². The summed E-state index contributed by atoms with van der Waals surface area (Å²) in [4.78, 5) is 20.2. The van der Waals surface area contributed by atoms with Crippen molar-refractivity contribution >= 4 is 11.9 Å². The number of hydrogen-bond acceptors (Lipinski definition) is 2. The fraction of sp³-hybridized carbons (Fsp3) is 0.429. The lowest BCUT2D eigenvalue weighted by Gasteiger charge is -2.22. The van der Waals surface area contributed by atoms with Gasteiger partial charge in [0.2, 0.25) is 5.91 Å². The van der Waals surface area contributed by atoms with Gasteiger partial charge in [0.1, 0.15) is 0 Å². The Morgan fingerprint density at radius 3 is 2.56 bits per heavy atom. The first-order valence-electron chi connectivity index (χ1n) is 9.44. The quantitative estimate of drug-likeness (QED) is 0.630. The third-order valence-electron chi connectivity index (χ3n) is 5.04. The Hall–Kier alpha value is -2.76. The zero-order valence-corrected chi connectivity index (χ0v) is 16.5. The Bertz CT molecular complexity index is 793. The highest BCUT2D eigenvalue weighted by atomic mass is 16.2. The summed E-state index contributed by atoms with van der Waals surface area (Å²) < 4.78 is 2.12. The van der Waals surface area contributed by atoms with Crippen LogP contribution in [0.4, 0.5) is 0 Å². The molecule has 1 fully saturated rings. The summed E-state index contributed by atoms with van der Waals surface area (Å²) in [5.74, 6) is 1.13. The number of carbonyl (C=O) groups is 1. The number of guanidine groups is 1. The first-order valence-corrected chi connectivity index (χ1v) is 9.44. The standard InChI is InChI=1S/C21H29N5O/c1-22-21(25(3)16-19-6-4-12-24(19)2)23-14-17-8-10-18(11-9-17)15-26-13-5-7-20(26)27/h4,6,8-12H,5,7,13-16H2,1-3H3,(H,22,23). The van der Waals surface area contributed by atoms with E-state index in [1.807, 2.05) is 11.9 Å². The van der Waals surface area contributed by atoms with Crippen LogP contribution in [0.2, 0.25) is 0 Å². The van der Waals surface area contributed by atoms with E-state index in [1.165, 1.54) is 16.8 Å². The van der Waals surface area contributed by atoms with Crippen molar-refractivity contribution in [2.24, 2.45) is 12.0 Å². The average Bonchev–Trinajstić information content (AvgIpc) is 3.25. The minimum atomic E-state index is 0.269. The van der Waals surface area contributed by atoms with Gasteiger partial charge >= 0.3 is 0 Å². The Kier molecular flexibility index (Phi) is 6.16. The third kappa shape index (κ3) is 4.90. The molecule has 0 bridgehead atoms.